The highest BCUT2D eigenvalue weighted by molar-refractivity contribution is 6.05. The normalized spacial score (nSPS) is 28.9. The number of hydrogen-bond donors (Lipinski definition) is 3. The molecule has 0 spiro atoms. The smallest absolute Gasteiger partial charge is 0.255 e. The van der Waals surface area contributed by atoms with E-state index in [4.69, 9.17) is 5.73 Å². The van der Waals surface area contributed by atoms with Gasteiger partial charge in [-0.2, -0.15) is 0 Å². The van der Waals surface area contributed by atoms with Crippen molar-refractivity contribution < 1.29 is 14.4 Å². The fraction of sp³-hybridized carbons (Fsp3) is 0.500. The first-order valence-corrected chi connectivity index (χ1v) is 8.82. The van der Waals surface area contributed by atoms with Gasteiger partial charge in [-0.3, -0.25) is 19.7 Å². The molecule has 7 nitrogen and oxygen atoms in total. The van der Waals surface area contributed by atoms with Crippen LogP contribution >= 0.6 is 0 Å². The molecule has 2 fully saturated rings. The third-order valence-electron chi connectivity index (χ3n) is 5.45. The molecule has 1 aromatic carbocycles. The summed E-state index contributed by atoms with van der Waals surface area (Å²) in [5.74, 6) is -0.800. The molecule has 2 heterocycles. The molecule has 0 radical (unpaired) electrons. The summed E-state index contributed by atoms with van der Waals surface area (Å²) in [6, 6.07) is 5.54. The molecule has 1 unspecified atom stereocenters. The van der Waals surface area contributed by atoms with E-state index in [9.17, 15) is 14.4 Å². The van der Waals surface area contributed by atoms with E-state index >= 15 is 0 Å². The molecule has 25 heavy (non-hydrogen) atoms. The lowest BCUT2D eigenvalue weighted by Crippen LogP contribution is -2.52. The van der Waals surface area contributed by atoms with Crippen molar-refractivity contribution in [2.75, 3.05) is 5.32 Å². The van der Waals surface area contributed by atoms with E-state index in [-0.39, 0.29) is 36.2 Å². The Labute approximate surface area is 145 Å². The number of nitrogens with one attached hydrogen (secondary N) is 2. The van der Waals surface area contributed by atoms with Gasteiger partial charge in [0, 0.05) is 36.3 Å². The highest BCUT2D eigenvalue weighted by Crippen LogP contribution is 2.30. The van der Waals surface area contributed by atoms with Gasteiger partial charge in [0.05, 0.1) is 0 Å². The monoisotopic (exact) mass is 342 g/mol. The number of carbonyl (C=O) groups excluding carboxylic acids is 3. The number of rotatable bonds is 3. The van der Waals surface area contributed by atoms with E-state index in [0.29, 0.717) is 18.5 Å². The first kappa shape index (κ1) is 16.1. The van der Waals surface area contributed by atoms with Crippen molar-refractivity contribution in [3.8, 4) is 0 Å². The Hall–Kier alpha value is -2.41. The summed E-state index contributed by atoms with van der Waals surface area (Å²) in [6.45, 7) is 0.396. The van der Waals surface area contributed by atoms with Crippen LogP contribution in [0.5, 0.6) is 0 Å². The van der Waals surface area contributed by atoms with E-state index in [1.54, 1.807) is 4.90 Å². The van der Waals surface area contributed by atoms with Crippen LogP contribution in [-0.4, -0.2) is 40.7 Å². The van der Waals surface area contributed by atoms with Gasteiger partial charge in [-0.05, 0) is 49.4 Å². The van der Waals surface area contributed by atoms with Gasteiger partial charge in [0.15, 0.2) is 0 Å². The Kier molecular flexibility index (Phi) is 3.95. The van der Waals surface area contributed by atoms with Crippen molar-refractivity contribution in [3.05, 3.63) is 29.3 Å². The van der Waals surface area contributed by atoms with Gasteiger partial charge in [0.2, 0.25) is 11.8 Å². The minimum Gasteiger partial charge on any atom is -0.381 e. The molecule has 4 N–H and O–H groups in total. The van der Waals surface area contributed by atoms with E-state index in [1.807, 2.05) is 18.2 Å². The van der Waals surface area contributed by atoms with E-state index in [1.165, 1.54) is 0 Å². The molecule has 1 saturated carbocycles. The Morgan fingerprint density at radius 2 is 2.00 bits per heavy atom. The summed E-state index contributed by atoms with van der Waals surface area (Å²) in [5.41, 5.74) is 8.61. The average Bonchev–Trinajstić information content (AvgIpc) is 3.12. The zero-order chi connectivity index (χ0) is 17.6. The van der Waals surface area contributed by atoms with Crippen LogP contribution in [0.15, 0.2) is 18.2 Å². The number of piperidine rings is 1. The largest absolute Gasteiger partial charge is 0.381 e. The Morgan fingerprint density at radius 3 is 2.72 bits per heavy atom. The lowest BCUT2D eigenvalue weighted by atomic mass is 10.0. The lowest BCUT2D eigenvalue weighted by molar-refractivity contribution is -0.136. The molecule has 3 aliphatic rings. The van der Waals surface area contributed by atoms with E-state index in [0.717, 1.165) is 30.5 Å². The second kappa shape index (κ2) is 6.15. The van der Waals surface area contributed by atoms with Crippen LogP contribution in [0.1, 0.15) is 48.0 Å². The number of fused-ring (bicyclic) bond motifs is 1. The summed E-state index contributed by atoms with van der Waals surface area (Å²) < 4.78 is 0. The number of nitrogens with two attached hydrogens (primary N) is 1. The molecule has 0 aromatic heterocycles. The van der Waals surface area contributed by atoms with Gasteiger partial charge < -0.3 is 16.0 Å². The molecule has 0 bridgehead atoms. The number of nitrogens with zero attached hydrogens (tertiary/aromatic N) is 1. The van der Waals surface area contributed by atoms with Crippen LogP contribution in [0.3, 0.4) is 0 Å². The number of carbonyl (C=O) groups is 3. The third kappa shape index (κ3) is 2.89. The van der Waals surface area contributed by atoms with Crippen LogP contribution in [0.2, 0.25) is 0 Å². The van der Waals surface area contributed by atoms with Gasteiger partial charge in [-0.25, -0.2) is 0 Å². The summed E-state index contributed by atoms with van der Waals surface area (Å²) in [5, 5.41) is 5.79. The van der Waals surface area contributed by atoms with Gasteiger partial charge >= 0.3 is 0 Å². The van der Waals surface area contributed by atoms with Gasteiger partial charge in [-0.1, -0.05) is 0 Å². The Bertz CT molecular complexity index is 748. The first-order valence-electron chi connectivity index (χ1n) is 8.82. The summed E-state index contributed by atoms with van der Waals surface area (Å²) in [6.07, 6.45) is 3.87. The highest BCUT2D eigenvalue weighted by atomic mass is 16.2. The average molecular weight is 342 g/mol. The van der Waals surface area contributed by atoms with Crippen molar-refractivity contribution in [1.82, 2.24) is 10.2 Å². The molecule has 3 atom stereocenters. The SMILES string of the molecule is N[C@H]1CCC[C@H]1Nc1ccc2c(c1)CN(C1CCC(=O)NC1=O)C2=O. The summed E-state index contributed by atoms with van der Waals surface area (Å²) in [7, 11) is 0. The molecule has 132 valence electrons. The topological polar surface area (TPSA) is 105 Å². The second-order valence-electron chi connectivity index (χ2n) is 7.12. The zero-order valence-corrected chi connectivity index (χ0v) is 14.0. The van der Waals surface area contributed by atoms with Gasteiger partial charge in [0.1, 0.15) is 6.04 Å². The fourth-order valence-corrected chi connectivity index (χ4v) is 4.05. The minimum atomic E-state index is -0.572. The fourth-order valence-electron chi connectivity index (χ4n) is 4.05. The molecule has 3 amide bonds. The summed E-state index contributed by atoms with van der Waals surface area (Å²) in [4.78, 5) is 37.6. The van der Waals surface area contributed by atoms with Crippen LogP contribution in [0.25, 0.3) is 0 Å². The lowest BCUT2D eigenvalue weighted by Gasteiger charge is -2.29. The molecule has 1 saturated heterocycles. The number of imide groups is 1. The Morgan fingerprint density at radius 1 is 1.16 bits per heavy atom. The molecule has 1 aliphatic carbocycles. The maximum absolute atomic E-state index is 12.7. The van der Waals surface area contributed by atoms with Crippen molar-refractivity contribution in [3.63, 3.8) is 0 Å². The molecular weight excluding hydrogens is 320 g/mol. The highest BCUT2D eigenvalue weighted by Gasteiger charge is 2.39. The third-order valence-corrected chi connectivity index (χ3v) is 5.45. The quantitative estimate of drug-likeness (QED) is 0.703. The molecule has 2 aliphatic heterocycles. The summed E-state index contributed by atoms with van der Waals surface area (Å²) >= 11 is 0. The zero-order valence-electron chi connectivity index (χ0n) is 14.0. The second-order valence-corrected chi connectivity index (χ2v) is 7.12. The predicted molar refractivity (Wildman–Crippen MR) is 91.7 cm³/mol. The van der Waals surface area contributed by atoms with Crippen molar-refractivity contribution in [1.29, 1.82) is 0 Å². The van der Waals surface area contributed by atoms with Crippen LogP contribution in [-0.2, 0) is 16.1 Å². The van der Waals surface area contributed by atoms with Crippen LogP contribution in [0, 0.1) is 0 Å². The predicted octanol–water partition coefficient (Wildman–Crippen LogP) is 0.739. The van der Waals surface area contributed by atoms with Gasteiger partial charge in [-0.15, -0.1) is 0 Å². The number of amides is 3. The molecule has 1 aromatic rings. The maximum atomic E-state index is 12.7. The van der Waals surface area contributed by atoms with E-state index < -0.39 is 6.04 Å². The molecular formula is C18H22N4O3. The number of benzene rings is 1. The van der Waals surface area contributed by atoms with Crippen molar-refractivity contribution in [2.24, 2.45) is 5.73 Å². The van der Waals surface area contributed by atoms with Gasteiger partial charge in [0.25, 0.3) is 5.91 Å². The number of anilines is 1. The first-order chi connectivity index (χ1) is 12.0. The van der Waals surface area contributed by atoms with Crippen LogP contribution in [0.4, 0.5) is 5.69 Å². The Balaban J connectivity index is 1.51. The van der Waals surface area contributed by atoms with Crippen LogP contribution < -0.4 is 16.4 Å². The maximum Gasteiger partial charge on any atom is 0.255 e. The number of hydrogen-bond acceptors (Lipinski definition) is 5. The minimum absolute atomic E-state index is 0.145. The van der Waals surface area contributed by atoms with E-state index in [2.05, 4.69) is 10.6 Å². The standard InChI is InChI=1S/C18H22N4O3/c19-13-2-1-3-14(13)20-11-4-5-12-10(8-11)9-22(18(12)25)15-6-7-16(23)21-17(15)24/h4-5,8,13-15,20H,1-3,6-7,9,19H2,(H,21,23,24)/t13-,14+,15?/m0/s1. The van der Waals surface area contributed by atoms with Crippen molar-refractivity contribution >= 4 is 23.4 Å². The molecule has 7 heteroatoms. The van der Waals surface area contributed by atoms with Crippen molar-refractivity contribution in [2.45, 2.75) is 56.8 Å². The molecule has 4 rings (SSSR count).